The number of anilines is 1. The first-order chi connectivity index (χ1) is 11.9. The highest BCUT2D eigenvalue weighted by atomic mass is 14.9. The Morgan fingerprint density at radius 3 is 2.67 bits per heavy atom. The highest BCUT2D eigenvalue weighted by molar-refractivity contribution is 5.94. The summed E-state index contributed by atoms with van der Waals surface area (Å²) in [6, 6.07) is 14.2. The number of benzene rings is 1. The van der Waals surface area contributed by atoms with Crippen LogP contribution in [0, 0.1) is 0 Å². The van der Waals surface area contributed by atoms with E-state index < -0.39 is 0 Å². The highest BCUT2D eigenvalue weighted by Crippen LogP contribution is 2.35. The van der Waals surface area contributed by atoms with Gasteiger partial charge in [0.1, 0.15) is 0 Å². The third kappa shape index (κ3) is 2.40. The van der Waals surface area contributed by atoms with E-state index >= 15 is 0 Å². The predicted molar refractivity (Wildman–Crippen MR) is 95.1 cm³/mol. The van der Waals surface area contributed by atoms with Crippen molar-refractivity contribution in [1.82, 2.24) is 19.9 Å². The number of nitrogens with zero attached hydrogens (tertiary/aromatic N) is 3. The minimum atomic E-state index is -0.0444. The van der Waals surface area contributed by atoms with Crippen molar-refractivity contribution in [2.75, 3.05) is 12.4 Å². The van der Waals surface area contributed by atoms with Gasteiger partial charge in [-0.1, -0.05) is 12.1 Å². The molecule has 2 N–H and O–H groups in total. The fourth-order valence-electron chi connectivity index (χ4n) is 3.10. The van der Waals surface area contributed by atoms with Gasteiger partial charge in [0.25, 0.3) is 0 Å². The van der Waals surface area contributed by atoms with E-state index in [-0.39, 0.29) is 5.92 Å². The van der Waals surface area contributed by atoms with Crippen LogP contribution >= 0.6 is 0 Å². The van der Waals surface area contributed by atoms with Crippen molar-refractivity contribution >= 4 is 16.6 Å². The quantitative estimate of drug-likeness (QED) is 0.604. The Labute approximate surface area is 139 Å². The molecular weight excluding hydrogens is 298 g/mol. The molecule has 0 saturated carbocycles. The van der Waals surface area contributed by atoms with Gasteiger partial charge in [0.2, 0.25) is 0 Å². The van der Waals surface area contributed by atoms with Gasteiger partial charge in [0.15, 0.2) is 0 Å². The number of aromatic nitrogens is 4. The van der Waals surface area contributed by atoms with Gasteiger partial charge in [-0.25, -0.2) is 4.98 Å². The molecule has 3 heterocycles. The number of imidazole rings is 1. The van der Waals surface area contributed by atoms with Gasteiger partial charge in [-0.05, 0) is 35.9 Å². The molecule has 24 heavy (non-hydrogen) atoms. The summed E-state index contributed by atoms with van der Waals surface area (Å²) in [6.07, 6.45) is 7.19. The summed E-state index contributed by atoms with van der Waals surface area (Å²) >= 11 is 0. The van der Waals surface area contributed by atoms with E-state index in [1.165, 1.54) is 0 Å². The highest BCUT2D eigenvalue weighted by Gasteiger charge is 2.22. The molecule has 3 aromatic heterocycles. The fourth-order valence-corrected chi connectivity index (χ4v) is 3.10. The van der Waals surface area contributed by atoms with Gasteiger partial charge in [0, 0.05) is 42.4 Å². The summed E-state index contributed by atoms with van der Waals surface area (Å²) in [6.45, 7) is 0. The van der Waals surface area contributed by atoms with Crippen LogP contribution in [0.15, 0.2) is 67.4 Å². The maximum absolute atomic E-state index is 4.64. The van der Waals surface area contributed by atoms with Gasteiger partial charge in [0.05, 0.1) is 23.5 Å². The molecular formula is C19H17N5. The largest absolute Gasteiger partial charge is 0.388 e. The van der Waals surface area contributed by atoms with Crippen LogP contribution in [0.25, 0.3) is 10.9 Å². The lowest BCUT2D eigenvalue weighted by Crippen LogP contribution is -2.07. The van der Waals surface area contributed by atoms with E-state index in [2.05, 4.69) is 43.5 Å². The second-order valence-corrected chi connectivity index (χ2v) is 5.55. The van der Waals surface area contributed by atoms with Crippen molar-refractivity contribution in [2.45, 2.75) is 5.92 Å². The van der Waals surface area contributed by atoms with Crippen LogP contribution in [0.5, 0.6) is 0 Å². The number of nitrogens with one attached hydrogen (secondary N) is 2. The van der Waals surface area contributed by atoms with Crippen LogP contribution in [-0.2, 0) is 0 Å². The lowest BCUT2D eigenvalue weighted by Gasteiger charge is -2.18. The molecule has 5 nitrogen and oxygen atoms in total. The van der Waals surface area contributed by atoms with Gasteiger partial charge in [-0.15, -0.1) is 0 Å². The van der Waals surface area contributed by atoms with Crippen molar-refractivity contribution in [1.29, 1.82) is 0 Å². The zero-order chi connectivity index (χ0) is 16.4. The van der Waals surface area contributed by atoms with E-state index in [0.717, 1.165) is 33.5 Å². The van der Waals surface area contributed by atoms with Crippen molar-refractivity contribution in [3.05, 3.63) is 84.3 Å². The number of pyridine rings is 2. The monoisotopic (exact) mass is 315 g/mol. The first-order valence-electron chi connectivity index (χ1n) is 7.83. The zero-order valence-electron chi connectivity index (χ0n) is 13.3. The molecule has 0 aliphatic carbocycles. The summed E-state index contributed by atoms with van der Waals surface area (Å²) < 4.78 is 0. The standard InChI is InChI=1S/C19H17N5/c1-20-15-8-7-14(19-13(15)5-4-10-23-19)18(17-11-21-12-24-17)16-6-2-3-9-22-16/h2-12,18,20H,1H3,(H,21,24). The number of hydrogen-bond acceptors (Lipinski definition) is 4. The third-order valence-corrected chi connectivity index (χ3v) is 4.20. The summed E-state index contributed by atoms with van der Waals surface area (Å²) in [5.74, 6) is -0.0444. The Morgan fingerprint density at radius 1 is 1.00 bits per heavy atom. The summed E-state index contributed by atoms with van der Waals surface area (Å²) in [7, 11) is 1.92. The summed E-state index contributed by atoms with van der Waals surface area (Å²) in [5, 5.41) is 4.33. The van der Waals surface area contributed by atoms with Crippen molar-refractivity contribution in [3.63, 3.8) is 0 Å². The van der Waals surface area contributed by atoms with Crippen LogP contribution in [0.2, 0.25) is 0 Å². The number of fused-ring (bicyclic) bond motifs is 1. The first kappa shape index (κ1) is 14.4. The molecule has 0 fully saturated rings. The molecule has 0 saturated heterocycles. The van der Waals surface area contributed by atoms with Crippen LogP contribution in [0.3, 0.4) is 0 Å². The van der Waals surface area contributed by atoms with E-state index in [1.807, 2.05) is 49.9 Å². The minimum absolute atomic E-state index is 0.0444. The lowest BCUT2D eigenvalue weighted by atomic mass is 9.90. The van der Waals surface area contributed by atoms with Gasteiger partial charge < -0.3 is 10.3 Å². The SMILES string of the molecule is CNc1ccc(C(c2ccccn2)c2cnc[nH]2)c2ncccc12. The van der Waals surface area contributed by atoms with Crippen LogP contribution in [-0.4, -0.2) is 27.0 Å². The molecule has 0 radical (unpaired) electrons. The first-order valence-corrected chi connectivity index (χ1v) is 7.83. The molecule has 5 heteroatoms. The van der Waals surface area contributed by atoms with Crippen molar-refractivity contribution < 1.29 is 0 Å². The maximum Gasteiger partial charge on any atom is 0.0922 e. The second-order valence-electron chi connectivity index (χ2n) is 5.55. The van der Waals surface area contributed by atoms with E-state index in [0.29, 0.717) is 0 Å². The number of hydrogen-bond donors (Lipinski definition) is 2. The normalized spacial score (nSPS) is 12.2. The molecule has 0 spiro atoms. The van der Waals surface area contributed by atoms with E-state index in [1.54, 1.807) is 6.33 Å². The molecule has 4 rings (SSSR count). The molecule has 1 unspecified atom stereocenters. The molecule has 4 aromatic rings. The number of H-pyrrole nitrogens is 1. The Kier molecular flexibility index (Phi) is 3.67. The summed E-state index contributed by atoms with van der Waals surface area (Å²) in [4.78, 5) is 16.6. The smallest absolute Gasteiger partial charge is 0.0922 e. The van der Waals surface area contributed by atoms with Gasteiger partial charge in [-0.3, -0.25) is 9.97 Å². The number of aromatic amines is 1. The van der Waals surface area contributed by atoms with Crippen molar-refractivity contribution in [2.24, 2.45) is 0 Å². The van der Waals surface area contributed by atoms with E-state index in [4.69, 9.17) is 0 Å². The molecule has 118 valence electrons. The Morgan fingerprint density at radius 2 is 1.92 bits per heavy atom. The molecule has 1 aromatic carbocycles. The topological polar surface area (TPSA) is 66.5 Å². The van der Waals surface area contributed by atoms with Gasteiger partial charge >= 0.3 is 0 Å². The van der Waals surface area contributed by atoms with Crippen LogP contribution in [0.1, 0.15) is 22.9 Å². The Balaban J connectivity index is 1.99. The molecule has 0 amide bonds. The maximum atomic E-state index is 4.64. The average molecular weight is 315 g/mol. The average Bonchev–Trinajstić information content (AvgIpc) is 3.17. The second kappa shape index (κ2) is 6.12. The lowest BCUT2D eigenvalue weighted by molar-refractivity contribution is 0.890. The summed E-state index contributed by atoms with van der Waals surface area (Å²) in [5.41, 5.74) is 5.09. The Bertz CT molecular complexity index is 948. The van der Waals surface area contributed by atoms with Gasteiger partial charge in [-0.2, -0.15) is 0 Å². The third-order valence-electron chi connectivity index (χ3n) is 4.20. The fraction of sp³-hybridized carbons (Fsp3) is 0.105. The molecule has 0 bridgehead atoms. The molecule has 0 aliphatic heterocycles. The Hall–Kier alpha value is -3.21. The zero-order valence-corrected chi connectivity index (χ0v) is 13.3. The molecule has 1 atom stereocenters. The molecule has 0 aliphatic rings. The number of rotatable bonds is 4. The van der Waals surface area contributed by atoms with Crippen molar-refractivity contribution in [3.8, 4) is 0 Å². The minimum Gasteiger partial charge on any atom is -0.388 e. The van der Waals surface area contributed by atoms with Crippen LogP contribution < -0.4 is 5.32 Å². The van der Waals surface area contributed by atoms with E-state index in [9.17, 15) is 0 Å². The van der Waals surface area contributed by atoms with Crippen LogP contribution in [0.4, 0.5) is 5.69 Å². The predicted octanol–water partition coefficient (Wildman–Crippen LogP) is 3.57.